The summed E-state index contributed by atoms with van der Waals surface area (Å²) < 4.78 is 25.0. The molecule has 0 spiro atoms. The van der Waals surface area contributed by atoms with Gasteiger partial charge >= 0.3 is 0 Å². The highest BCUT2D eigenvalue weighted by Crippen LogP contribution is 2.34. The highest BCUT2D eigenvalue weighted by atomic mass is 32.2. The van der Waals surface area contributed by atoms with E-state index < -0.39 is 23.6 Å². The van der Waals surface area contributed by atoms with Gasteiger partial charge in [-0.25, -0.2) is 18.8 Å². The third-order valence-corrected chi connectivity index (χ3v) is 4.69. The minimum Gasteiger partial charge on any atom is -0.379 e. The summed E-state index contributed by atoms with van der Waals surface area (Å²) in [7, 11) is 0. The molecule has 1 atom stereocenters. The van der Waals surface area contributed by atoms with Gasteiger partial charge in [0.1, 0.15) is 16.9 Å². The van der Waals surface area contributed by atoms with E-state index in [1.54, 1.807) is 18.3 Å². The van der Waals surface area contributed by atoms with Gasteiger partial charge in [0, 0.05) is 17.6 Å². The second-order valence-corrected chi connectivity index (χ2v) is 6.95. The molecule has 2 aromatic heterocycles. The predicted octanol–water partition coefficient (Wildman–Crippen LogP) is 2.73. The molecular formula is C16H16F2N6OS. The largest absolute Gasteiger partial charge is 0.379 e. The Hall–Kier alpha value is -2.62. The number of nitrogens with zero attached hydrogens (tertiary/aromatic N) is 4. The summed E-state index contributed by atoms with van der Waals surface area (Å²) in [5.41, 5.74) is 5.89. The number of aromatic nitrogens is 3. The molecule has 0 aliphatic carbocycles. The maximum atomic E-state index is 12.5. The Morgan fingerprint density at radius 1 is 1.35 bits per heavy atom. The molecule has 0 saturated carbocycles. The van der Waals surface area contributed by atoms with Gasteiger partial charge in [-0.1, -0.05) is 11.8 Å². The van der Waals surface area contributed by atoms with Crippen LogP contribution in [0.25, 0.3) is 0 Å². The van der Waals surface area contributed by atoms with E-state index in [1.807, 2.05) is 6.92 Å². The van der Waals surface area contributed by atoms with Crippen molar-refractivity contribution in [1.29, 1.82) is 0 Å². The van der Waals surface area contributed by atoms with E-state index in [1.165, 1.54) is 11.8 Å². The Kier molecular flexibility index (Phi) is 5.12. The molecule has 0 saturated heterocycles. The average molecular weight is 378 g/mol. The van der Waals surface area contributed by atoms with Crippen LogP contribution < -0.4 is 11.1 Å². The quantitative estimate of drug-likeness (QED) is 0.847. The lowest BCUT2D eigenvalue weighted by Crippen LogP contribution is -2.29. The average Bonchev–Trinajstić information content (AvgIpc) is 2.62. The summed E-state index contributed by atoms with van der Waals surface area (Å²) in [6.07, 6.45) is 1.50. The van der Waals surface area contributed by atoms with Crippen molar-refractivity contribution in [3.8, 4) is 0 Å². The molecule has 0 bridgehead atoms. The van der Waals surface area contributed by atoms with E-state index >= 15 is 0 Å². The SMILES string of the molecule is C[C@@]1(c2cc(NC(=O)c3cnc(C(F)F)cn3)ccn2)CCSC(N)=N1. The highest BCUT2D eigenvalue weighted by molar-refractivity contribution is 8.13. The minimum atomic E-state index is -2.73. The standard InChI is InChI=1S/C16H16F2N6OS/c1-16(3-5-26-15(19)24-16)12-6-9(2-4-20-12)23-14(25)11-8-21-10(7-22-11)13(17)18/h2,4,6-8,13H,3,5H2,1H3,(H2,19,24)(H,20,23,25)/t16-/m0/s1. The topological polar surface area (TPSA) is 106 Å². The number of anilines is 1. The molecule has 0 unspecified atom stereocenters. The summed E-state index contributed by atoms with van der Waals surface area (Å²) in [5.74, 6) is 0.277. The predicted molar refractivity (Wildman–Crippen MR) is 95.2 cm³/mol. The van der Waals surface area contributed by atoms with E-state index in [0.717, 1.165) is 24.6 Å². The second-order valence-electron chi connectivity index (χ2n) is 5.83. The molecule has 10 heteroatoms. The van der Waals surface area contributed by atoms with Crippen LogP contribution >= 0.6 is 11.8 Å². The maximum absolute atomic E-state index is 12.5. The van der Waals surface area contributed by atoms with Crippen molar-refractivity contribution < 1.29 is 13.6 Å². The van der Waals surface area contributed by atoms with Gasteiger partial charge in [0.25, 0.3) is 12.3 Å². The zero-order valence-electron chi connectivity index (χ0n) is 13.8. The van der Waals surface area contributed by atoms with Gasteiger partial charge in [-0.3, -0.25) is 14.8 Å². The van der Waals surface area contributed by atoms with Crippen molar-refractivity contribution in [2.75, 3.05) is 11.1 Å². The maximum Gasteiger partial charge on any atom is 0.281 e. The molecule has 1 amide bonds. The Balaban J connectivity index is 1.78. The first-order valence-corrected chi connectivity index (χ1v) is 8.72. The van der Waals surface area contributed by atoms with Gasteiger partial charge in [0.2, 0.25) is 0 Å². The molecule has 0 radical (unpaired) electrons. The summed E-state index contributed by atoms with van der Waals surface area (Å²) in [6, 6.07) is 3.34. The van der Waals surface area contributed by atoms with E-state index in [-0.39, 0.29) is 5.69 Å². The molecule has 1 aliphatic heterocycles. The van der Waals surface area contributed by atoms with Crippen LogP contribution in [0.3, 0.4) is 0 Å². The van der Waals surface area contributed by atoms with Gasteiger partial charge in [-0.05, 0) is 25.5 Å². The van der Waals surface area contributed by atoms with Crippen molar-refractivity contribution in [3.05, 3.63) is 47.8 Å². The van der Waals surface area contributed by atoms with E-state index in [4.69, 9.17) is 5.73 Å². The van der Waals surface area contributed by atoms with Crippen molar-refractivity contribution in [3.63, 3.8) is 0 Å². The van der Waals surface area contributed by atoms with E-state index in [2.05, 4.69) is 25.3 Å². The molecule has 26 heavy (non-hydrogen) atoms. The lowest BCUT2D eigenvalue weighted by molar-refractivity contribution is 0.102. The summed E-state index contributed by atoms with van der Waals surface area (Å²) in [6.45, 7) is 1.93. The van der Waals surface area contributed by atoms with Crippen molar-refractivity contribution in [1.82, 2.24) is 15.0 Å². The fourth-order valence-corrected chi connectivity index (χ4v) is 3.41. The second kappa shape index (κ2) is 7.32. The Bertz CT molecular complexity index is 845. The Morgan fingerprint density at radius 3 is 2.81 bits per heavy atom. The number of nitrogens with two attached hydrogens (primary N) is 1. The summed E-state index contributed by atoms with van der Waals surface area (Å²) >= 11 is 1.49. The fraction of sp³-hybridized carbons (Fsp3) is 0.312. The first-order chi connectivity index (χ1) is 12.4. The number of halogens is 2. The van der Waals surface area contributed by atoms with Gasteiger partial charge in [0.15, 0.2) is 5.17 Å². The van der Waals surface area contributed by atoms with E-state index in [9.17, 15) is 13.6 Å². The van der Waals surface area contributed by atoms with Crippen LogP contribution in [-0.2, 0) is 5.54 Å². The third kappa shape index (κ3) is 3.96. The first-order valence-electron chi connectivity index (χ1n) is 7.73. The molecule has 0 fully saturated rings. The number of rotatable bonds is 4. The van der Waals surface area contributed by atoms with Gasteiger partial charge in [-0.2, -0.15) is 0 Å². The summed E-state index contributed by atoms with van der Waals surface area (Å²) in [4.78, 5) is 28.3. The number of aliphatic imine (C=N–C) groups is 1. The van der Waals surface area contributed by atoms with Crippen LogP contribution in [0.5, 0.6) is 0 Å². The molecule has 7 nitrogen and oxygen atoms in total. The Labute approximate surface area is 152 Å². The van der Waals surface area contributed by atoms with Crippen LogP contribution in [-0.4, -0.2) is 31.8 Å². The smallest absolute Gasteiger partial charge is 0.281 e. The lowest BCUT2D eigenvalue weighted by atomic mass is 9.94. The van der Waals surface area contributed by atoms with Crippen LogP contribution in [0.2, 0.25) is 0 Å². The molecule has 2 aromatic rings. The number of carbonyl (C=O) groups is 1. The first kappa shape index (κ1) is 18.2. The number of pyridine rings is 1. The number of nitrogens with one attached hydrogen (secondary N) is 1. The Morgan fingerprint density at radius 2 is 2.15 bits per heavy atom. The molecule has 3 N–H and O–H groups in total. The van der Waals surface area contributed by atoms with Gasteiger partial charge < -0.3 is 11.1 Å². The van der Waals surface area contributed by atoms with Crippen LogP contribution in [0.15, 0.2) is 35.7 Å². The molecule has 3 heterocycles. The summed E-state index contributed by atoms with van der Waals surface area (Å²) in [5, 5.41) is 3.17. The number of alkyl halides is 2. The zero-order valence-corrected chi connectivity index (χ0v) is 14.6. The number of amidine groups is 1. The number of hydrogen-bond donors (Lipinski definition) is 2. The minimum absolute atomic E-state index is 0.0599. The van der Waals surface area contributed by atoms with Crippen molar-refractivity contribution >= 4 is 28.5 Å². The van der Waals surface area contributed by atoms with Crippen LogP contribution in [0, 0.1) is 0 Å². The molecule has 3 rings (SSSR count). The zero-order chi connectivity index (χ0) is 18.7. The van der Waals surface area contributed by atoms with Gasteiger partial charge in [-0.15, -0.1) is 0 Å². The number of hydrogen-bond acceptors (Lipinski definition) is 7. The molecular weight excluding hydrogens is 362 g/mol. The number of carbonyl (C=O) groups excluding carboxylic acids is 1. The number of amides is 1. The van der Waals surface area contributed by atoms with Crippen molar-refractivity contribution in [2.45, 2.75) is 25.3 Å². The van der Waals surface area contributed by atoms with Crippen LogP contribution in [0.4, 0.5) is 14.5 Å². The van der Waals surface area contributed by atoms with Gasteiger partial charge in [0.05, 0.1) is 18.1 Å². The monoisotopic (exact) mass is 378 g/mol. The molecule has 136 valence electrons. The molecule has 1 aliphatic rings. The normalized spacial score (nSPS) is 19.9. The van der Waals surface area contributed by atoms with Crippen molar-refractivity contribution in [2.24, 2.45) is 10.7 Å². The molecule has 0 aromatic carbocycles. The van der Waals surface area contributed by atoms with Crippen LogP contribution in [0.1, 0.15) is 41.6 Å². The highest BCUT2D eigenvalue weighted by Gasteiger charge is 2.31. The fourth-order valence-electron chi connectivity index (χ4n) is 2.44. The number of thioether (sulfide) groups is 1. The lowest BCUT2D eigenvalue weighted by Gasteiger charge is -2.28. The third-order valence-electron chi connectivity index (χ3n) is 3.89. The van der Waals surface area contributed by atoms with E-state index in [0.29, 0.717) is 16.5 Å².